The molecule has 0 unspecified atom stereocenters. The van der Waals surface area contributed by atoms with Crippen LogP contribution >= 0.6 is 0 Å². The monoisotopic (exact) mass is 451 g/mol. The van der Waals surface area contributed by atoms with Gasteiger partial charge < -0.3 is 24.6 Å². The Morgan fingerprint density at radius 3 is 2.58 bits per heavy atom. The van der Waals surface area contributed by atoms with Crippen LogP contribution in [0.25, 0.3) is 11.3 Å². The summed E-state index contributed by atoms with van der Waals surface area (Å²) >= 11 is 0. The number of ether oxygens (including phenoxy) is 2. The molecule has 0 bridgehead atoms. The first-order valence-electron chi connectivity index (χ1n) is 11.2. The molecule has 0 saturated carbocycles. The summed E-state index contributed by atoms with van der Waals surface area (Å²) < 4.78 is 11.5. The van der Waals surface area contributed by atoms with Crippen molar-refractivity contribution in [3.8, 4) is 28.5 Å². The Morgan fingerprint density at radius 2 is 1.85 bits per heavy atom. The van der Waals surface area contributed by atoms with Crippen LogP contribution in [-0.4, -0.2) is 57.6 Å². The normalized spacial score (nSPS) is 15.1. The van der Waals surface area contributed by atoms with Gasteiger partial charge in [-0.3, -0.25) is 9.89 Å². The number of rotatable bonds is 9. The average molecular weight is 452 g/mol. The van der Waals surface area contributed by atoms with Crippen LogP contribution in [0.1, 0.15) is 53.5 Å². The number of aliphatic hydroxyl groups is 1. The molecule has 0 radical (unpaired) electrons. The number of aromatic nitrogens is 2. The Labute approximate surface area is 192 Å². The molecule has 1 atom stereocenters. The van der Waals surface area contributed by atoms with Crippen molar-refractivity contribution < 1.29 is 24.5 Å². The van der Waals surface area contributed by atoms with Crippen LogP contribution in [0.2, 0.25) is 0 Å². The van der Waals surface area contributed by atoms with E-state index in [1.54, 1.807) is 11.0 Å². The molecule has 174 valence electrons. The van der Waals surface area contributed by atoms with E-state index in [4.69, 9.17) is 9.47 Å². The number of aliphatic hydroxyl groups excluding tert-OH is 1. The van der Waals surface area contributed by atoms with Crippen LogP contribution < -0.4 is 9.47 Å². The fraction of sp³-hybridized carbons (Fsp3) is 0.360. The topological polar surface area (TPSA) is 108 Å². The lowest BCUT2D eigenvalue weighted by molar-refractivity contribution is 0.0732. The first-order chi connectivity index (χ1) is 16.0. The third-order valence-electron chi connectivity index (χ3n) is 5.71. The van der Waals surface area contributed by atoms with Gasteiger partial charge in [0.2, 0.25) is 0 Å². The van der Waals surface area contributed by atoms with Crippen molar-refractivity contribution in [1.29, 1.82) is 0 Å². The number of phenolic OH excluding ortho intramolecular Hbond substituents is 1. The molecule has 0 spiro atoms. The molecular weight excluding hydrogens is 422 g/mol. The van der Waals surface area contributed by atoms with Gasteiger partial charge >= 0.3 is 0 Å². The van der Waals surface area contributed by atoms with Crippen molar-refractivity contribution in [1.82, 2.24) is 15.1 Å². The molecule has 1 aliphatic heterocycles. The number of hydrogen-bond donors (Lipinski definition) is 3. The third-order valence-corrected chi connectivity index (χ3v) is 5.71. The van der Waals surface area contributed by atoms with E-state index in [0.29, 0.717) is 60.2 Å². The Kier molecular flexibility index (Phi) is 6.55. The van der Waals surface area contributed by atoms with Crippen LogP contribution in [0.3, 0.4) is 0 Å². The van der Waals surface area contributed by atoms with Gasteiger partial charge in [-0.05, 0) is 57.0 Å². The smallest absolute Gasteiger partial charge is 0.273 e. The van der Waals surface area contributed by atoms with E-state index in [1.807, 2.05) is 51.1 Å². The molecule has 4 rings (SSSR count). The number of aryl methyl sites for hydroxylation is 1. The number of aromatic amines is 1. The zero-order chi connectivity index (χ0) is 23.5. The van der Waals surface area contributed by atoms with E-state index in [0.717, 1.165) is 11.1 Å². The van der Waals surface area contributed by atoms with Crippen LogP contribution in [0.4, 0.5) is 0 Å². The number of H-pyrrole nitrogens is 1. The fourth-order valence-corrected chi connectivity index (χ4v) is 4.30. The van der Waals surface area contributed by atoms with Gasteiger partial charge in [-0.2, -0.15) is 5.10 Å². The lowest BCUT2D eigenvalue weighted by Gasteiger charge is -2.27. The van der Waals surface area contributed by atoms with Crippen molar-refractivity contribution in [2.45, 2.75) is 33.2 Å². The highest BCUT2D eigenvalue weighted by molar-refractivity contribution is 6.00. The minimum atomic E-state index is -0.456. The molecule has 8 heteroatoms. The maximum Gasteiger partial charge on any atom is 0.273 e. The predicted octanol–water partition coefficient (Wildman–Crippen LogP) is 3.82. The van der Waals surface area contributed by atoms with Gasteiger partial charge in [-0.25, -0.2) is 0 Å². The number of aromatic hydroxyl groups is 1. The molecule has 0 fully saturated rings. The number of fused-ring (bicyclic) bond motifs is 1. The molecule has 3 N–H and O–H groups in total. The van der Waals surface area contributed by atoms with Crippen molar-refractivity contribution in [3.05, 3.63) is 58.8 Å². The number of carbonyl (C=O) groups is 1. The van der Waals surface area contributed by atoms with E-state index in [9.17, 15) is 15.0 Å². The highest BCUT2D eigenvalue weighted by Crippen LogP contribution is 2.46. The Hall–Kier alpha value is -3.52. The maximum atomic E-state index is 13.3. The largest absolute Gasteiger partial charge is 0.507 e. The van der Waals surface area contributed by atoms with Crippen molar-refractivity contribution in [2.75, 3.05) is 26.4 Å². The molecule has 1 aromatic heterocycles. The van der Waals surface area contributed by atoms with Crippen LogP contribution in [-0.2, 0) is 0 Å². The molecule has 33 heavy (non-hydrogen) atoms. The van der Waals surface area contributed by atoms with Crippen LogP contribution in [0, 0.1) is 6.92 Å². The molecule has 3 aromatic rings. The summed E-state index contributed by atoms with van der Waals surface area (Å²) in [5.74, 6) is 1.14. The summed E-state index contributed by atoms with van der Waals surface area (Å²) in [4.78, 5) is 15.0. The molecular formula is C25H29N3O5. The second-order valence-corrected chi connectivity index (χ2v) is 7.93. The van der Waals surface area contributed by atoms with Gasteiger partial charge in [0.05, 0.1) is 19.3 Å². The second kappa shape index (κ2) is 9.54. The number of amides is 1. The number of carbonyl (C=O) groups excluding carboxylic acids is 1. The Bertz CT molecular complexity index is 1160. The van der Waals surface area contributed by atoms with Crippen molar-refractivity contribution in [3.63, 3.8) is 0 Å². The van der Waals surface area contributed by atoms with Crippen LogP contribution in [0.5, 0.6) is 17.2 Å². The second-order valence-electron chi connectivity index (χ2n) is 7.93. The molecule has 2 heterocycles. The van der Waals surface area contributed by atoms with Gasteiger partial charge in [0.15, 0.2) is 11.5 Å². The summed E-state index contributed by atoms with van der Waals surface area (Å²) in [6.07, 6.45) is 0.445. The van der Waals surface area contributed by atoms with E-state index < -0.39 is 6.04 Å². The first-order valence-corrected chi connectivity index (χ1v) is 11.2. The van der Waals surface area contributed by atoms with Gasteiger partial charge in [0, 0.05) is 24.3 Å². The van der Waals surface area contributed by atoms with E-state index >= 15 is 0 Å². The van der Waals surface area contributed by atoms with Gasteiger partial charge in [0.25, 0.3) is 5.91 Å². The number of nitrogens with one attached hydrogen (secondary N) is 1. The van der Waals surface area contributed by atoms with Gasteiger partial charge in [0.1, 0.15) is 17.1 Å². The van der Waals surface area contributed by atoms with E-state index in [-0.39, 0.29) is 18.3 Å². The van der Waals surface area contributed by atoms with E-state index in [2.05, 4.69) is 10.2 Å². The molecule has 2 aromatic carbocycles. The summed E-state index contributed by atoms with van der Waals surface area (Å²) in [7, 11) is 0. The quantitative estimate of drug-likeness (QED) is 0.457. The summed E-state index contributed by atoms with van der Waals surface area (Å²) in [6, 6.07) is 10.5. The van der Waals surface area contributed by atoms with Crippen molar-refractivity contribution in [2.24, 2.45) is 0 Å². The molecule has 1 aliphatic rings. The molecule has 8 nitrogen and oxygen atoms in total. The van der Waals surface area contributed by atoms with Gasteiger partial charge in [-0.15, -0.1) is 0 Å². The number of nitrogens with zero attached hydrogens (tertiary/aromatic N) is 2. The predicted molar refractivity (Wildman–Crippen MR) is 124 cm³/mol. The SMILES string of the molecule is CCOc1ccc([C@@H]2c3c(-c4cc(C)ccc4O)n[nH]c3C(=O)N2CCCO)cc1OCC. The van der Waals surface area contributed by atoms with Crippen LogP contribution in [0.15, 0.2) is 36.4 Å². The van der Waals surface area contributed by atoms with Crippen molar-refractivity contribution >= 4 is 5.91 Å². The maximum absolute atomic E-state index is 13.3. The highest BCUT2D eigenvalue weighted by atomic mass is 16.5. The lowest BCUT2D eigenvalue weighted by Crippen LogP contribution is -2.31. The number of hydrogen-bond acceptors (Lipinski definition) is 6. The minimum absolute atomic E-state index is 0.0261. The summed E-state index contributed by atoms with van der Waals surface area (Å²) in [5.41, 5.74) is 3.98. The number of phenols is 1. The van der Waals surface area contributed by atoms with E-state index in [1.165, 1.54) is 0 Å². The van der Waals surface area contributed by atoms with Gasteiger partial charge in [-0.1, -0.05) is 17.7 Å². The average Bonchev–Trinajstić information content (AvgIpc) is 3.34. The Balaban J connectivity index is 1.88. The lowest BCUT2D eigenvalue weighted by atomic mass is 9.94. The standard InChI is InChI=1S/C25H29N3O5/c1-4-32-19-10-8-16(14-20(19)33-5-2)24-21-22(17-13-15(3)7-9-18(17)30)26-27-23(21)25(31)28(24)11-6-12-29/h7-10,13-14,24,29-30H,4-6,11-12H2,1-3H3,(H,26,27)/t24-/m1/s1. The zero-order valence-corrected chi connectivity index (χ0v) is 19.1. The summed E-state index contributed by atoms with van der Waals surface area (Å²) in [6.45, 7) is 7.08. The summed E-state index contributed by atoms with van der Waals surface area (Å²) in [5, 5.41) is 27.3. The minimum Gasteiger partial charge on any atom is -0.507 e. The Morgan fingerprint density at radius 1 is 1.09 bits per heavy atom. The molecule has 1 amide bonds. The third kappa shape index (κ3) is 4.14. The first kappa shape index (κ1) is 22.7. The molecule has 0 aliphatic carbocycles. The molecule has 0 saturated heterocycles. The zero-order valence-electron chi connectivity index (χ0n) is 19.1. The number of benzene rings is 2. The fourth-order valence-electron chi connectivity index (χ4n) is 4.30. The highest BCUT2D eigenvalue weighted by Gasteiger charge is 2.42.